The van der Waals surface area contributed by atoms with E-state index in [1.807, 2.05) is 66.7 Å². The predicted octanol–water partition coefficient (Wildman–Crippen LogP) is 4.09. The predicted molar refractivity (Wildman–Crippen MR) is 94.2 cm³/mol. The van der Waals surface area contributed by atoms with Gasteiger partial charge >= 0.3 is 0 Å². The van der Waals surface area contributed by atoms with Crippen LogP contribution in [0.4, 0.5) is 4.39 Å². The molecule has 24 heavy (non-hydrogen) atoms. The fourth-order valence-corrected chi connectivity index (χ4v) is 3.03. The van der Waals surface area contributed by atoms with Gasteiger partial charge in [0, 0.05) is 12.1 Å². The Morgan fingerprint density at radius 3 is 1.75 bits per heavy atom. The Labute approximate surface area is 141 Å². The van der Waals surface area contributed by atoms with Crippen molar-refractivity contribution in [3.05, 3.63) is 107 Å². The lowest BCUT2D eigenvalue weighted by Crippen LogP contribution is -2.35. The van der Waals surface area contributed by atoms with E-state index in [4.69, 9.17) is 10.5 Å². The monoisotopic (exact) mass is 321 g/mol. The molecule has 0 amide bonds. The number of hydrogen-bond acceptors (Lipinski definition) is 2. The van der Waals surface area contributed by atoms with Crippen molar-refractivity contribution >= 4 is 0 Å². The van der Waals surface area contributed by atoms with Crippen molar-refractivity contribution in [2.75, 3.05) is 13.2 Å². The third-order valence-corrected chi connectivity index (χ3v) is 4.05. The lowest BCUT2D eigenvalue weighted by atomic mass is 9.79. The lowest BCUT2D eigenvalue weighted by molar-refractivity contribution is 0.0154. The zero-order chi connectivity index (χ0) is 16.8. The minimum absolute atomic E-state index is 0.303. The van der Waals surface area contributed by atoms with E-state index in [9.17, 15) is 4.39 Å². The van der Waals surface area contributed by atoms with Crippen LogP contribution in [-0.4, -0.2) is 13.2 Å². The summed E-state index contributed by atoms with van der Waals surface area (Å²) in [4.78, 5) is 0. The van der Waals surface area contributed by atoms with Gasteiger partial charge in [-0.2, -0.15) is 0 Å². The van der Waals surface area contributed by atoms with Crippen molar-refractivity contribution in [3.63, 3.8) is 0 Å². The van der Waals surface area contributed by atoms with Gasteiger partial charge in [-0.3, -0.25) is 0 Å². The first-order valence-corrected chi connectivity index (χ1v) is 7.99. The Bertz CT molecular complexity index is 735. The number of ether oxygens (including phenoxy) is 1. The summed E-state index contributed by atoms with van der Waals surface area (Å²) in [7, 11) is 0. The summed E-state index contributed by atoms with van der Waals surface area (Å²) in [6.07, 6.45) is 0. The molecule has 0 fully saturated rings. The normalized spacial score (nSPS) is 11.4. The van der Waals surface area contributed by atoms with Crippen molar-refractivity contribution in [3.8, 4) is 0 Å². The highest BCUT2D eigenvalue weighted by atomic mass is 19.1. The van der Waals surface area contributed by atoms with Gasteiger partial charge in [0.2, 0.25) is 0 Å². The largest absolute Gasteiger partial charge is 0.359 e. The quantitative estimate of drug-likeness (QED) is 0.694. The van der Waals surface area contributed by atoms with Crippen LogP contribution in [0.15, 0.2) is 84.9 Å². The summed E-state index contributed by atoms with van der Waals surface area (Å²) in [5, 5.41) is 0. The highest BCUT2D eigenvalue weighted by Gasteiger charge is 2.39. The second-order valence-electron chi connectivity index (χ2n) is 5.53. The molecular formula is C21H20FNO. The van der Waals surface area contributed by atoms with E-state index in [0.29, 0.717) is 18.7 Å². The first-order chi connectivity index (χ1) is 11.8. The number of rotatable bonds is 6. The van der Waals surface area contributed by atoms with Gasteiger partial charge in [-0.25, -0.2) is 4.39 Å². The van der Waals surface area contributed by atoms with E-state index in [2.05, 4.69) is 0 Å². The fraction of sp³-hybridized carbons (Fsp3) is 0.143. The van der Waals surface area contributed by atoms with Gasteiger partial charge in [0.15, 0.2) is 0 Å². The molecule has 0 aromatic heterocycles. The molecule has 0 aliphatic rings. The maximum atomic E-state index is 14.8. The van der Waals surface area contributed by atoms with Crippen LogP contribution in [0.2, 0.25) is 0 Å². The maximum Gasteiger partial charge on any atom is 0.146 e. The molecule has 3 heteroatoms. The Morgan fingerprint density at radius 2 is 1.25 bits per heavy atom. The van der Waals surface area contributed by atoms with Crippen LogP contribution in [0, 0.1) is 5.82 Å². The molecule has 2 nitrogen and oxygen atoms in total. The molecule has 0 saturated carbocycles. The van der Waals surface area contributed by atoms with E-state index in [1.54, 1.807) is 12.1 Å². The number of nitrogens with two attached hydrogens (primary N) is 1. The second kappa shape index (κ2) is 7.39. The van der Waals surface area contributed by atoms with Crippen molar-refractivity contribution in [1.82, 2.24) is 0 Å². The lowest BCUT2D eigenvalue weighted by Gasteiger charge is -2.36. The molecule has 3 rings (SSSR count). The molecule has 0 unspecified atom stereocenters. The zero-order valence-corrected chi connectivity index (χ0v) is 13.4. The summed E-state index contributed by atoms with van der Waals surface area (Å²) >= 11 is 0. The van der Waals surface area contributed by atoms with Crippen LogP contribution in [0.1, 0.15) is 16.7 Å². The van der Waals surface area contributed by atoms with Crippen molar-refractivity contribution < 1.29 is 9.13 Å². The molecule has 0 aliphatic carbocycles. The van der Waals surface area contributed by atoms with Crippen LogP contribution in [0.3, 0.4) is 0 Å². The van der Waals surface area contributed by atoms with Gasteiger partial charge in [-0.1, -0.05) is 78.9 Å². The van der Waals surface area contributed by atoms with Gasteiger partial charge < -0.3 is 10.5 Å². The highest BCUT2D eigenvalue weighted by Crippen LogP contribution is 2.41. The minimum Gasteiger partial charge on any atom is -0.359 e. The van der Waals surface area contributed by atoms with Crippen LogP contribution in [0.25, 0.3) is 0 Å². The molecule has 0 aliphatic heterocycles. The third-order valence-electron chi connectivity index (χ3n) is 4.05. The topological polar surface area (TPSA) is 35.2 Å². The third kappa shape index (κ3) is 2.96. The van der Waals surface area contributed by atoms with E-state index in [0.717, 1.165) is 11.1 Å². The average molecular weight is 321 g/mol. The van der Waals surface area contributed by atoms with Crippen LogP contribution < -0.4 is 5.73 Å². The van der Waals surface area contributed by atoms with Crippen LogP contribution in [0.5, 0.6) is 0 Å². The number of hydrogen-bond donors (Lipinski definition) is 1. The molecule has 0 saturated heterocycles. The standard InChI is InChI=1S/C21H20FNO/c22-20-14-8-7-13-19(20)21(24-16-15-23,17-9-3-1-4-10-17)18-11-5-2-6-12-18/h1-14H,15-16,23H2. The van der Waals surface area contributed by atoms with Crippen molar-refractivity contribution in [2.24, 2.45) is 5.73 Å². The van der Waals surface area contributed by atoms with Gasteiger partial charge in [0.05, 0.1) is 6.61 Å². The van der Waals surface area contributed by atoms with E-state index < -0.39 is 5.60 Å². The summed E-state index contributed by atoms with van der Waals surface area (Å²) in [5.74, 6) is -0.303. The SMILES string of the molecule is NCCOC(c1ccccc1)(c1ccccc1)c1ccccc1F. The van der Waals surface area contributed by atoms with E-state index in [1.165, 1.54) is 6.07 Å². The molecule has 0 spiro atoms. The summed E-state index contributed by atoms with van der Waals surface area (Å²) in [6, 6.07) is 26.1. The molecule has 122 valence electrons. The van der Waals surface area contributed by atoms with Gasteiger partial charge in [0.25, 0.3) is 0 Å². The van der Waals surface area contributed by atoms with Gasteiger partial charge in [-0.15, -0.1) is 0 Å². The number of benzene rings is 3. The van der Waals surface area contributed by atoms with Crippen molar-refractivity contribution in [2.45, 2.75) is 5.60 Å². The minimum atomic E-state index is -1.03. The van der Waals surface area contributed by atoms with E-state index in [-0.39, 0.29) is 5.82 Å². The molecule has 2 N–H and O–H groups in total. The Morgan fingerprint density at radius 1 is 0.750 bits per heavy atom. The van der Waals surface area contributed by atoms with Crippen molar-refractivity contribution in [1.29, 1.82) is 0 Å². The van der Waals surface area contributed by atoms with Gasteiger partial charge in [-0.05, 0) is 17.2 Å². The molecule has 3 aromatic rings. The summed E-state index contributed by atoms with van der Waals surface area (Å²) in [5.41, 5.74) is 6.88. The first kappa shape index (κ1) is 16.4. The Kier molecular flexibility index (Phi) is 5.04. The number of halogens is 1. The smallest absolute Gasteiger partial charge is 0.146 e. The maximum absolute atomic E-state index is 14.8. The molecule has 3 aromatic carbocycles. The van der Waals surface area contributed by atoms with Crippen LogP contribution in [-0.2, 0) is 10.3 Å². The zero-order valence-electron chi connectivity index (χ0n) is 13.4. The average Bonchev–Trinajstić information content (AvgIpc) is 2.65. The highest BCUT2D eigenvalue weighted by molar-refractivity contribution is 5.47. The Balaban J connectivity index is 2.31. The van der Waals surface area contributed by atoms with E-state index >= 15 is 0 Å². The second-order valence-corrected chi connectivity index (χ2v) is 5.53. The Hall–Kier alpha value is -2.49. The molecule has 0 bridgehead atoms. The molecule has 0 atom stereocenters. The molecule has 0 heterocycles. The fourth-order valence-electron chi connectivity index (χ4n) is 3.03. The summed E-state index contributed by atoms with van der Waals surface area (Å²) < 4.78 is 21.0. The molecular weight excluding hydrogens is 301 g/mol. The van der Waals surface area contributed by atoms with Crippen LogP contribution >= 0.6 is 0 Å². The van der Waals surface area contributed by atoms with Gasteiger partial charge in [0.1, 0.15) is 11.4 Å². The first-order valence-electron chi connectivity index (χ1n) is 7.99. The molecule has 0 radical (unpaired) electrons. The summed E-state index contributed by atoms with van der Waals surface area (Å²) in [6.45, 7) is 0.675.